The smallest absolute Gasteiger partial charge is 0.193 e. The zero-order valence-electron chi connectivity index (χ0n) is 11.9. The van der Waals surface area contributed by atoms with Gasteiger partial charge in [0.2, 0.25) is 0 Å². The van der Waals surface area contributed by atoms with Crippen LogP contribution in [0.5, 0.6) is 0 Å². The van der Waals surface area contributed by atoms with Crippen LogP contribution in [0.4, 0.5) is 0 Å². The van der Waals surface area contributed by atoms with Gasteiger partial charge in [0.15, 0.2) is 10.9 Å². The molecule has 2 aromatic heterocycles. The molecule has 1 aliphatic heterocycles. The summed E-state index contributed by atoms with van der Waals surface area (Å²) in [7, 11) is 1.78. The zero-order chi connectivity index (χ0) is 13.8. The molecular formula is C13H20IN5OS. The van der Waals surface area contributed by atoms with E-state index in [9.17, 15) is 0 Å². The maximum Gasteiger partial charge on any atom is 0.193 e. The van der Waals surface area contributed by atoms with Gasteiger partial charge in [-0.1, -0.05) is 0 Å². The number of aliphatic imine (C=N–C) groups is 1. The van der Waals surface area contributed by atoms with Crippen molar-refractivity contribution >= 4 is 46.2 Å². The molecule has 1 saturated heterocycles. The molecule has 3 rings (SSSR count). The average molecular weight is 421 g/mol. The number of aromatic nitrogens is 2. The van der Waals surface area contributed by atoms with Gasteiger partial charge in [-0.15, -0.1) is 35.3 Å². The van der Waals surface area contributed by atoms with Gasteiger partial charge in [0, 0.05) is 43.9 Å². The number of ether oxygens (including phenoxy) is 1. The van der Waals surface area contributed by atoms with E-state index in [1.807, 2.05) is 22.2 Å². The molecule has 0 aromatic carbocycles. The lowest BCUT2D eigenvalue weighted by molar-refractivity contribution is 0.186. The Kier molecular flexibility index (Phi) is 6.24. The summed E-state index contributed by atoms with van der Waals surface area (Å²) in [6.45, 7) is 3.30. The molecule has 0 bridgehead atoms. The third-order valence-electron chi connectivity index (χ3n) is 3.39. The first-order valence-corrected chi connectivity index (χ1v) is 7.66. The second-order valence-corrected chi connectivity index (χ2v) is 5.73. The van der Waals surface area contributed by atoms with Crippen LogP contribution in [0.3, 0.4) is 0 Å². The highest BCUT2D eigenvalue weighted by Crippen LogP contribution is 2.11. The number of nitrogens with zero attached hydrogens (tertiary/aromatic N) is 3. The fourth-order valence-corrected chi connectivity index (χ4v) is 2.96. The van der Waals surface area contributed by atoms with Gasteiger partial charge in [-0.05, 0) is 6.42 Å². The van der Waals surface area contributed by atoms with Crippen molar-refractivity contribution in [2.24, 2.45) is 10.9 Å². The molecule has 0 aliphatic carbocycles. The van der Waals surface area contributed by atoms with Crippen molar-refractivity contribution in [3.63, 3.8) is 0 Å². The summed E-state index contributed by atoms with van der Waals surface area (Å²) in [5.74, 6) is 1.40. The number of fused-ring (bicyclic) bond motifs is 1. The number of thiazole rings is 1. The lowest BCUT2D eigenvalue weighted by Crippen LogP contribution is -2.39. The van der Waals surface area contributed by atoms with Crippen LogP contribution in [0.15, 0.2) is 22.8 Å². The Balaban J connectivity index is 0.00000161. The van der Waals surface area contributed by atoms with Gasteiger partial charge in [0.1, 0.15) is 0 Å². The third-order valence-corrected chi connectivity index (χ3v) is 4.16. The number of halogens is 1. The molecule has 1 atom stereocenters. The minimum absolute atomic E-state index is 0. The van der Waals surface area contributed by atoms with Crippen LogP contribution in [0.1, 0.15) is 12.1 Å². The van der Waals surface area contributed by atoms with Crippen molar-refractivity contribution in [3.05, 3.63) is 23.5 Å². The van der Waals surface area contributed by atoms with Crippen LogP contribution in [0, 0.1) is 5.92 Å². The SMILES string of the molecule is CN=C(NCc1cn2ccsc2n1)NCC1CCOC1.I. The number of guanidine groups is 1. The fourth-order valence-electron chi connectivity index (χ4n) is 2.24. The Morgan fingerprint density at radius 3 is 3.19 bits per heavy atom. The second kappa shape index (κ2) is 7.95. The normalized spacial score (nSPS) is 18.7. The predicted molar refractivity (Wildman–Crippen MR) is 95.6 cm³/mol. The largest absolute Gasteiger partial charge is 0.381 e. The molecule has 3 heterocycles. The molecule has 0 saturated carbocycles. The topological polar surface area (TPSA) is 63.0 Å². The first-order valence-electron chi connectivity index (χ1n) is 6.78. The van der Waals surface area contributed by atoms with E-state index in [0.717, 1.165) is 42.8 Å². The van der Waals surface area contributed by atoms with E-state index in [4.69, 9.17) is 4.74 Å². The van der Waals surface area contributed by atoms with Crippen LogP contribution in [0.25, 0.3) is 4.96 Å². The van der Waals surface area contributed by atoms with Crippen LogP contribution >= 0.6 is 35.3 Å². The van der Waals surface area contributed by atoms with Gasteiger partial charge < -0.3 is 15.4 Å². The Labute approximate surface area is 145 Å². The highest BCUT2D eigenvalue weighted by molar-refractivity contribution is 14.0. The molecule has 1 unspecified atom stereocenters. The quantitative estimate of drug-likeness (QED) is 0.449. The third kappa shape index (κ3) is 4.30. The maximum atomic E-state index is 5.37. The molecule has 6 nitrogen and oxygen atoms in total. The number of imidazole rings is 1. The van der Waals surface area contributed by atoms with Gasteiger partial charge >= 0.3 is 0 Å². The molecule has 21 heavy (non-hydrogen) atoms. The van der Waals surface area contributed by atoms with Crippen LogP contribution in [-0.2, 0) is 11.3 Å². The van der Waals surface area contributed by atoms with Gasteiger partial charge in [0.05, 0.1) is 18.8 Å². The minimum Gasteiger partial charge on any atom is -0.381 e. The number of hydrogen-bond acceptors (Lipinski definition) is 4. The van der Waals surface area contributed by atoms with E-state index in [1.165, 1.54) is 0 Å². The summed E-state index contributed by atoms with van der Waals surface area (Å²) in [6, 6.07) is 0. The van der Waals surface area contributed by atoms with Crippen LogP contribution in [-0.4, -0.2) is 42.2 Å². The van der Waals surface area contributed by atoms with Crippen molar-refractivity contribution in [1.29, 1.82) is 0 Å². The van der Waals surface area contributed by atoms with E-state index in [2.05, 4.69) is 20.6 Å². The number of hydrogen-bond donors (Lipinski definition) is 2. The Hall–Kier alpha value is -0.870. The molecule has 116 valence electrons. The van der Waals surface area contributed by atoms with Crippen molar-refractivity contribution in [2.45, 2.75) is 13.0 Å². The summed E-state index contributed by atoms with van der Waals surface area (Å²) in [5.41, 5.74) is 1.02. The number of rotatable bonds is 4. The molecule has 8 heteroatoms. The predicted octanol–water partition coefficient (Wildman–Crippen LogP) is 1.72. The summed E-state index contributed by atoms with van der Waals surface area (Å²) >= 11 is 1.64. The molecule has 2 aromatic rings. The second-order valence-electron chi connectivity index (χ2n) is 4.86. The lowest BCUT2D eigenvalue weighted by atomic mass is 10.1. The van der Waals surface area contributed by atoms with Crippen molar-refractivity contribution in [3.8, 4) is 0 Å². The first kappa shape index (κ1) is 16.5. The van der Waals surface area contributed by atoms with Gasteiger partial charge in [0.25, 0.3) is 0 Å². The van der Waals surface area contributed by atoms with Crippen LogP contribution in [0.2, 0.25) is 0 Å². The molecule has 0 spiro atoms. The molecule has 0 radical (unpaired) electrons. The zero-order valence-corrected chi connectivity index (χ0v) is 15.1. The fraction of sp³-hybridized carbons (Fsp3) is 0.538. The van der Waals surface area contributed by atoms with Crippen molar-refractivity contribution in [1.82, 2.24) is 20.0 Å². The Bertz CT molecular complexity index is 562. The summed E-state index contributed by atoms with van der Waals surface area (Å²) in [6.07, 6.45) is 5.18. The highest BCUT2D eigenvalue weighted by Gasteiger charge is 2.15. The van der Waals surface area contributed by atoms with Crippen molar-refractivity contribution < 1.29 is 4.74 Å². The summed E-state index contributed by atoms with van der Waals surface area (Å²) in [4.78, 5) is 9.78. The van der Waals surface area contributed by atoms with E-state index in [0.29, 0.717) is 12.5 Å². The van der Waals surface area contributed by atoms with E-state index < -0.39 is 0 Å². The highest BCUT2D eigenvalue weighted by atomic mass is 127. The molecule has 0 amide bonds. The Morgan fingerprint density at radius 2 is 2.48 bits per heavy atom. The average Bonchev–Trinajstić information content (AvgIpc) is 3.15. The van der Waals surface area contributed by atoms with Crippen molar-refractivity contribution in [2.75, 3.05) is 26.8 Å². The molecule has 2 N–H and O–H groups in total. The Morgan fingerprint density at radius 1 is 1.57 bits per heavy atom. The molecular weight excluding hydrogens is 401 g/mol. The molecule has 1 aliphatic rings. The molecule has 1 fully saturated rings. The van der Waals surface area contributed by atoms with Gasteiger partial charge in [-0.3, -0.25) is 9.39 Å². The van der Waals surface area contributed by atoms with Gasteiger partial charge in [-0.25, -0.2) is 4.98 Å². The minimum atomic E-state index is 0. The standard InChI is InChI=1S/C13H19N5OS.HI/c1-14-12(15-6-10-2-4-19-9-10)16-7-11-8-18-3-5-20-13(18)17-11;/h3,5,8,10H,2,4,6-7,9H2,1H3,(H2,14,15,16);1H. The lowest BCUT2D eigenvalue weighted by Gasteiger charge is -2.13. The van der Waals surface area contributed by atoms with E-state index in [-0.39, 0.29) is 24.0 Å². The van der Waals surface area contributed by atoms with Crippen LogP contribution < -0.4 is 10.6 Å². The van der Waals surface area contributed by atoms with E-state index >= 15 is 0 Å². The van der Waals surface area contributed by atoms with Gasteiger partial charge in [-0.2, -0.15) is 0 Å². The summed E-state index contributed by atoms with van der Waals surface area (Å²) in [5, 5.41) is 8.65. The maximum absolute atomic E-state index is 5.37. The first-order chi connectivity index (χ1) is 9.85. The summed E-state index contributed by atoms with van der Waals surface area (Å²) < 4.78 is 7.40. The number of nitrogens with one attached hydrogen (secondary N) is 2. The monoisotopic (exact) mass is 421 g/mol. The van der Waals surface area contributed by atoms with E-state index in [1.54, 1.807) is 18.4 Å².